The van der Waals surface area contributed by atoms with Crippen LogP contribution in [0.1, 0.15) is 71.8 Å². The molecule has 2 aliphatic rings. The molecule has 0 radical (unpaired) electrons. The third-order valence-corrected chi connectivity index (χ3v) is 7.46. The van der Waals surface area contributed by atoms with Crippen LogP contribution in [0.4, 0.5) is 0 Å². The highest BCUT2D eigenvalue weighted by Crippen LogP contribution is 2.31. The second-order valence-corrected chi connectivity index (χ2v) is 11.6. The topological polar surface area (TPSA) is 84.9 Å². The number of hydrogen-bond donors (Lipinski definition) is 3. The summed E-state index contributed by atoms with van der Waals surface area (Å²) in [6, 6.07) is 7.62. The van der Waals surface area contributed by atoms with Crippen LogP contribution in [-0.2, 0) is 16.0 Å². The number of amides is 2. The Kier molecular flexibility index (Phi) is 9.99. The highest BCUT2D eigenvalue weighted by atomic mass is 35.5. The van der Waals surface area contributed by atoms with Gasteiger partial charge in [0, 0.05) is 36.2 Å². The van der Waals surface area contributed by atoms with E-state index in [4.69, 9.17) is 11.6 Å². The first-order valence-corrected chi connectivity index (χ1v) is 13.5. The number of hydrazine groups is 1. The average Bonchev–Trinajstić information content (AvgIpc) is 3.28. The Labute approximate surface area is 215 Å². The van der Waals surface area contributed by atoms with Crippen molar-refractivity contribution in [1.82, 2.24) is 20.7 Å². The number of aliphatic hydroxyl groups is 1. The summed E-state index contributed by atoms with van der Waals surface area (Å²) >= 11 is 6.02. The fourth-order valence-corrected chi connectivity index (χ4v) is 5.32. The minimum atomic E-state index is -0.807. The molecule has 35 heavy (non-hydrogen) atoms. The molecule has 0 aromatic heterocycles. The maximum Gasteiger partial charge on any atom is 0.251 e. The Morgan fingerprint density at radius 2 is 1.77 bits per heavy atom. The zero-order valence-electron chi connectivity index (χ0n) is 21.7. The molecule has 2 atom stereocenters. The van der Waals surface area contributed by atoms with E-state index < -0.39 is 5.41 Å². The van der Waals surface area contributed by atoms with Gasteiger partial charge in [0.1, 0.15) is 0 Å². The largest absolute Gasteiger partial charge is 0.395 e. The standard InChI is InChI=1S/C27H43ClN4O3/c1-19(2)29-24(16-20-10-12-21(28)13-11-20)25(34)30-31-15-14-23(17-31)32(22-8-6-5-7-9-22)26(35)27(3,4)18-33/h10-13,19,22-24,29,33H,5-9,14-18H2,1-4H3,(H,30,34)/t23-,24+/m0/s1. The van der Waals surface area contributed by atoms with E-state index in [1.165, 1.54) is 6.42 Å². The number of nitrogens with one attached hydrogen (secondary N) is 2. The van der Waals surface area contributed by atoms with Crippen molar-refractivity contribution in [2.75, 3.05) is 19.7 Å². The monoisotopic (exact) mass is 506 g/mol. The van der Waals surface area contributed by atoms with E-state index in [1.807, 2.05) is 57.0 Å². The van der Waals surface area contributed by atoms with Crippen LogP contribution in [0.3, 0.4) is 0 Å². The van der Waals surface area contributed by atoms with Gasteiger partial charge in [-0.2, -0.15) is 0 Å². The van der Waals surface area contributed by atoms with Crippen LogP contribution >= 0.6 is 11.6 Å². The van der Waals surface area contributed by atoms with E-state index in [1.54, 1.807) is 0 Å². The van der Waals surface area contributed by atoms with Gasteiger partial charge in [-0.1, -0.05) is 56.8 Å². The van der Waals surface area contributed by atoms with Gasteiger partial charge in [0.15, 0.2) is 0 Å². The molecular formula is C27H43ClN4O3. The summed E-state index contributed by atoms with van der Waals surface area (Å²) < 4.78 is 0. The third kappa shape index (κ3) is 7.66. The van der Waals surface area contributed by atoms with Crippen LogP contribution in [0.25, 0.3) is 0 Å². The normalized spacial score (nSPS) is 20.7. The predicted octanol–water partition coefficient (Wildman–Crippen LogP) is 3.53. The van der Waals surface area contributed by atoms with Crippen molar-refractivity contribution >= 4 is 23.4 Å². The smallest absolute Gasteiger partial charge is 0.251 e. The number of rotatable bonds is 10. The molecule has 0 unspecified atom stereocenters. The first kappa shape index (κ1) is 27.9. The molecular weight excluding hydrogens is 464 g/mol. The van der Waals surface area contributed by atoms with Gasteiger partial charge in [-0.15, -0.1) is 0 Å². The van der Waals surface area contributed by atoms with Crippen LogP contribution < -0.4 is 10.7 Å². The van der Waals surface area contributed by atoms with Crippen LogP contribution in [0.15, 0.2) is 24.3 Å². The Morgan fingerprint density at radius 3 is 2.37 bits per heavy atom. The number of carbonyl (C=O) groups is 2. The van der Waals surface area contributed by atoms with Gasteiger partial charge in [-0.25, -0.2) is 5.01 Å². The SMILES string of the molecule is CC(C)N[C@H](Cc1ccc(Cl)cc1)C(=O)NN1CC[C@H](N(C(=O)C(C)(C)CO)C2CCCCC2)C1. The first-order valence-electron chi connectivity index (χ1n) is 13.1. The number of benzene rings is 1. The fraction of sp³-hybridized carbons (Fsp3) is 0.704. The molecule has 1 aromatic carbocycles. The van der Waals surface area contributed by atoms with Crippen molar-refractivity contribution in [3.8, 4) is 0 Å². The summed E-state index contributed by atoms with van der Waals surface area (Å²) in [6.07, 6.45) is 6.88. The summed E-state index contributed by atoms with van der Waals surface area (Å²) in [4.78, 5) is 28.8. The van der Waals surface area contributed by atoms with E-state index >= 15 is 0 Å². The van der Waals surface area contributed by atoms with Gasteiger partial charge in [0.25, 0.3) is 5.91 Å². The first-order chi connectivity index (χ1) is 16.6. The lowest BCUT2D eigenvalue weighted by atomic mass is 9.87. The number of hydrogen-bond acceptors (Lipinski definition) is 5. The molecule has 8 heteroatoms. The van der Waals surface area contributed by atoms with Crippen LogP contribution in [0, 0.1) is 5.41 Å². The molecule has 3 rings (SSSR count). The molecule has 1 saturated carbocycles. The van der Waals surface area contributed by atoms with Crippen molar-refractivity contribution in [2.45, 2.75) is 96.8 Å². The number of halogens is 1. The van der Waals surface area contributed by atoms with Crippen LogP contribution in [0.5, 0.6) is 0 Å². The third-order valence-electron chi connectivity index (χ3n) is 7.21. The van der Waals surface area contributed by atoms with Crippen molar-refractivity contribution in [1.29, 1.82) is 0 Å². The summed E-state index contributed by atoms with van der Waals surface area (Å²) in [7, 11) is 0. The van der Waals surface area contributed by atoms with Crippen molar-refractivity contribution in [2.24, 2.45) is 5.41 Å². The minimum absolute atomic E-state index is 0.0205. The van der Waals surface area contributed by atoms with E-state index in [0.29, 0.717) is 24.5 Å². The fourth-order valence-electron chi connectivity index (χ4n) is 5.20. The highest BCUT2D eigenvalue weighted by molar-refractivity contribution is 6.30. The van der Waals surface area contributed by atoms with Crippen molar-refractivity contribution < 1.29 is 14.7 Å². The average molecular weight is 507 g/mol. The summed E-state index contributed by atoms with van der Waals surface area (Å²) in [5, 5.41) is 15.9. The quantitative estimate of drug-likeness (QED) is 0.452. The molecule has 1 aromatic rings. The number of carbonyl (C=O) groups excluding carboxylic acids is 2. The number of aliphatic hydroxyl groups excluding tert-OH is 1. The van der Waals surface area contributed by atoms with E-state index in [0.717, 1.165) is 37.7 Å². The Morgan fingerprint density at radius 1 is 1.11 bits per heavy atom. The van der Waals surface area contributed by atoms with Crippen LogP contribution in [-0.4, -0.2) is 70.7 Å². The van der Waals surface area contributed by atoms with E-state index in [9.17, 15) is 14.7 Å². The molecule has 1 aliphatic carbocycles. The second-order valence-electron chi connectivity index (χ2n) is 11.1. The molecule has 2 fully saturated rings. The van der Waals surface area contributed by atoms with Gasteiger partial charge in [0.05, 0.1) is 18.1 Å². The molecule has 1 heterocycles. The summed E-state index contributed by atoms with van der Waals surface area (Å²) in [5.41, 5.74) is 3.35. The summed E-state index contributed by atoms with van der Waals surface area (Å²) in [5.74, 6) is -0.0484. The maximum atomic E-state index is 13.5. The molecule has 0 spiro atoms. The lowest BCUT2D eigenvalue weighted by Gasteiger charge is -2.42. The second kappa shape index (κ2) is 12.5. The molecule has 3 N–H and O–H groups in total. The predicted molar refractivity (Wildman–Crippen MR) is 140 cm³/mol. The Balaban J connectivity index is 1.67. The van der Waals surface area contributed by atoms with E-state index in [-0.39, 0.29) is 42.6 Å². The molecule has 196 valence electrons. The minimum Gasteiger partial charge on any atom is -0.395 e. The lowest BCUT2D eigenvalue weighted by Crippen LogP contribution is -2.56. The zero-order chi connectivity index (χ0) is 25.6. The summed E-state index contributed by atoms with van der Waals surface area (Å²) in [6.45, 7) is 8.83. The number of nitrogens with zero attached hydrogens (tertiary/aromatic N) is 2. The van der Waals surface area contributed by atoms with Gasteiger partial charge >= 0.3 is 0 Å². The van der Waals surface area contributed by atoms with Crippen molar-refractivity contribution in [3.05, 3.63) is 34.9 Å². The zero-order valence-corrected chi connectivity index (χ0v) is 22.5. The van der Waals surface area contributed by atoms with Gasteiger partial charge in [-0.05, 0) is 57.2 Å². The van der Waals surface area contributed by atoms with Gasteiger partial charge in [0.2, 0.25) is 5.91 Å². The van der Waals surface area contributed by atoms with Gasteiger partial charge in [-0.3, -0.25) is 15.0 Å². The maximum absolute atomic E-state index is 13.5. The Hall–Kier alpha value is -1.67. The molecule has 7 nitrogen and oxygen atoms in total. The van der Waals surface area contributed by atoms with Gasteiger partial charge < -0.3 is 15.3 Å². The lowest BCUT2D eigenvalue weighted by molar-refractivity contribution is -0.148. The van der Waals surface area contributed by atoms with Crippen molar-refractivity contribution in [3.63, 3.8) is 0 Å². The molecule has 0 bridgehead atoms. The van der Waals surface area contributed by atoms with E-state index in [2.05, 4.69) is 15.6 Å². The molecule has 1 saturated heterocycles. The Bertz CT molecular complexity index is 839. The van der Waals surface area contributed by atoms with Crippen LogP contribution in [0.2, 0.25) is 5.02 Å². The molecule has 2 amide bonds. The molecule has 1 aliphatic heterocycles. The highest BCUT2D eigenvalue weighted by Gasteiger charge is 2.41.